The van der Waals surface area contributed by atoms with Crippen LogP contribution in [0.15, 0.2) is 46.9 Å². The van der Waals surface area contributed by atoms with Crippen LogP contribution < -0.4 is 0 Å². The maximum Gasteiger partial charge on any atom is 0.220 e. The smallest absolute Gasteiger partial charge is 0.220 e. The molecule has 0 bridgehead atoms. The van der Waals surface area contributed by atoms with E-state index >= 15 is 0 Å². The number of rotatable bonds is 2. The molecule has 0 saturated carbocycles. The van der Waals surface area contributed by atoms with Crippen LogP contribution in [0.25, 0.3) is 23.3 Å². The van der Waals surface area contributed by atoms with Gasteiger partial charge in [0.1, 0.15) is 11.3 Å². The van der Waals surface area contributed by atoms with Crippen LogP contribution >= 0.6 is 11.6 Å². The highest BCUT2D eigenvalue weighted by Crippen LogP contribution is 2.21. The highest BCUT2D eigenvalue weighted by atomic mass is 35.5. The van der Waals surface area contributed by atoms with Gasteiger partial charge in [0, 0.05) is 11.1 Å². The highest BCUT2D eigenvalue weighted by molar-refractivity contribution is 6.31. The van der Waals surface area contributed by atoms with Crippen molar-refractivity contribution >= 4 is 34.9 Å². The van der Waals surface area contributed by atoms with Crippen LogP contribution in [0.3, 0.4) is 0 Å². The standard InChI is InChI=1S/C15H10ClNO2/c16-11-5-6-14-13(9-11)17-15(19-14)7-4-10-2-1-3-12(18)8-10/h1-9,18H. The summed E-state index contributed by atoms with van der Waals surface area (Å²) < 4.78 is 5.56. The van der Waals surface area contributed by atoms with Crippen molar-refractivity contribution in [2.45, 2.75) is 0 Å². The molecule has 4 heteroatoms. The quantitative estimate of drug-likeness (QED) is 0.753. The predicted molar refractivity (Wildman–Crippen MR) is 76.1 cm³/mol. The first kappa shape index (κ1) is 11.8. The second-order valence-electron chi connectivity index (χ2n) is 4.09. The molecule has 3 rings (SSSR count). The van der Waals surface area contributed by atoms with Gasteiger partial charge in [-0.3, -0.25) is 0 Å². The summed E-state index contributed by atoms with van der Waals surface area (Å²) >= 11 is 5.89. The summed E-state index contributed by atoms with van der Waals surface area (Å²) in [7, 11) is 0. The molecule has 1 heterocycles. The van der Waals surface area contributed by atoms with Crippen LogP contribution in [0.4, 0.5) is 0 Å². The van der Waals surface area contributed by atoms with E-state index in [1.54, 1.807) is 42.5 Å². The van der Waals surface area contributed by atoms with E-state index in [0.717, 1.165) is 11.1 Å². The van der Waals surface area contributed by atoms with E-state index in [1.165, 1.54) is 0 Å². The van der Waals surface area contributed by atoms with Crippen molar-refractivity contribution in [3.8, 4) is 5.75 Å². The van der Waals surface area contributed by atoms with Crippen molar-refractivity contribution in [1.82, 2.24) is 4.98 Å². The number of halogens is 1. The Labute approximate surface area is 114 Å². The number of aromatic hydroxyl groups is 1. The summed E-state index contributed by atoms with van der Waals surface area (Å²) in [6, 6.07) is 12.3. The summed E-state index contributed by atoms with van der Waals surface area (Å²) in [5.74, 6) is 0.729. The summed E-state index contributed by atoms with van der Waals surface area (Å²) in [6.07, 6.45) is 3.58. The lowest BCUT2D eigenvalue weighted by Gasteiger charge is -1.93. The van der Waals surface area contributed by atoms with Gasteiger partial charge in [-0.25, -0.2) is 4.98 Å². The largest absolute Gasteiger partial charge is 0.508 e. The van der Waals surface area contributed by atoms with E-state index in [-0.39, 0.29) is 5.75 Å². The minimum Gasteiger partial charge on any atom is -0.508 e. The molecule has 0 aliphatic rings. The Morgan fingerprint density at radius 3 is 2.84 bits per heavy atom. The molecule has 0 amide bonds. The molecule has 3 nitrogen and oxygen atoms in total. The van der Waals surface area contributed by atoms with E-state index in [4.69, 9.17) is 16.0 Å². The molecule has 2 aromatic carbocycles. The van der Waals surface area contributed by atoms with Gasteiger partial charge in [0.25, 0.3) is 0 Å². The normalized spacial score (nSPS) is 11.4. The molecule has 0 aliphatic heterocycles. The van der Waals surface area contributed by atoms with E-state index in [9.17, 15) is 5.11 Å². The number of oxazole rings is 1. The molecular weight excluding hydrogens is 262 g/mol. The van der Waals surface area contributed by atoms with E-state index in [2.05, 4.69) is 4.98 Å². The second-order valence-corrected chi connectivity index (χ2v) is 4.53. The van der Waals surface area contributed by atoms with E-state index in [0.29, 0.717) is 16.5 Å². The molecule has 94 valence electrons. The van der Waals surface area contributed by atoms with Crippen molar-refractivity contribution in [2.75, 3.05) is 0 Å². The topological polar surface area (TPSA) is 46.3 Å². The van der Waals surface area contributed by atoms with Gasteiger partial charge >= 0.3 is 0 Å². The number of phenolic OH excluding ortho intramolecular Hbond substituents is 1. The SMILES string of the molecule is Oc1cccc(C=Cc2nc3cc(Cl)ccc3o2)c1. The molecule has 0 radical (unpaired) electrons. The lowest BCUT2D eigenvalue weighted by Crippen LogP contribution is -1.72. The fourth-order valence-electron chi connectivity index (χ4n) is 1.79. The maximum atomic E-state index is 9.37. The molecular formula is C15H10ClNO2. The van der Waals surface area contributed by atoms with Gasteiger partial charge in [0.2, 0.25) is 5.89 Å². The minimum atomic E-state index is 0.228. The lowest BCUT2D eigenvalue weighted by atomic mass is 10.2. The van der Waals surface area contributed by atoms with Crippen LogP contribution in [0, 0.1) is 0 Å². The Kier molecular flexibility index (Phi) is 2.97. The zero-order valence-corrected chi connectivity index (χ0v) is 10.6. The Morgan fingerprint density at radius 1 is 1.11 bits per heavy atom. The van der Waals surface area contributed by atoms with Crippen molar-refractivity contribution in [1.29, 1.82) is 0 Å². The zero-order chi connectivity index (χ0) is 13.2. The fraction of sp³-hybridized carbons (Fsp3) is 0. The number of benzene rings is 2. The van der Waals surface area contributed by atoms with Gasteiger partial charge in [0.15, 0.2) is 5.58 Å². The third-order valence-corrected chi connectivity index (χ3v) is 2.89. The molecule has 3 aromatic rings. The van der Waals surface area contributed by atoms with Gasteiger partial charge in [-0.2, -0.15) is 0 Å². The van der Waals surface area contributed by atoms with Gasteiger partial charge in [-0.15, -0.1) is 0 Å². The van der Waals surface area contributed by atoms with E-state index < -0.39 is 0 Å². The fourth-order valence-corrected chi connectivity index (χ4v) is 1.95. The third kappa shape index (κ3) is 2.61. The number of hydrogen-bond donors (Lipinski definition) is 1. The predicted octanol–water partition coefficient (Wildman–Crippen LogP) is 4.36. The van der Waals surface area contributed by atoms with Crippen LogP contribution in [-0.2, 0) is 0 Å². The summed E-state index contributed by atoms with van der Waals surface area (Å²) in [5, 5.41) is 10.00. The summed E-state index contributed by atoms with van der Waals surface area (Å²) in [5.41, 5.74) is 2.29. The molecule has 0 unspecified atom stereocenters. The first-order valence-electron chi connectivity index (χ1n) is 5.74. The zero-order valence-electron chi connectivity index (χ0n) is 9.88. The average molecular weight is 272 g/mol. The molecule has 1 N–H and O–H groups in total. The third-order valence-electron chi connectivity index (χ3n) is 2.65. The molecule has 0 fully saturated rings. The lowest BCUT2D eigenvalue weighted by molar-refractivity contribution is 0.475. The summed E-state index contributed by atoms with van der Waals surface area (Å²) in [6.45, 7) is 0. The van der Waals surface area contributed by atoms with Gasteiger partial charge in [-0.05, 0) is 42.0 Å². The number of hydrogen-bond acceptors (Lipinski definition) is 3. The first-order valence-corrected chi connectivity index (χ1v) is 6.12. The molecule has 1 aromatic heterocycles. The number of nitrogens with zero attached hydrogens (tertiary/aromatic N) is 1. The monoisotopic (exact) mass is 271 g/mol. The molecule has 0 saturated heterocycles. The molecule has 0 atom stereocenters. The number of fused-ring (bicyclic) bond motifs is 1. The Morgan fingerprint density at radius 2 is 2.00 bits per heavy atom. The number of phenols is 1. The maximum absolute atomic E-state index is 9.37. The van der Waals surface area contributed by atoms with Crippen molar-refractivity contribution in [2.24, 2.45) is 0 Å². The molecule has 19 heavy (non-hydrogen) atoms. The number of aromatic nitrogens is 1. The van der Waals surface area contributed by atoms with E-state index in [1.807, 2.05) is 12.1 Å². The first-order chi connectivity index (χ1) is 9.20. The van der Waals surface area contributed by atoms with Crippen LogP contribution in [-0.4, -0.2) is 10.1 Å². The van der Waals surface area contributed by atoms with Gasteiger partial charge in [-0.1, -0.05) is 23.7 Å². The van der Waals surface area contributed by atoms with Gasteiger partial charge < -0.3 is 9.52 Å². The average Bonchev–Trinajstić information content (AvgIpc) is 2.78. The van der Waals surface area contributed by atoms with Crippen molar-refractivity contribution in [3.05, 3.63) is 58.9 Å². The van der Waals surface area contributed by atoms with Crippen molar-refractivity contribution in [3.63, 3.8) is 0 Å². The molecule has 0 spiro atoms. The highest BCUT2D eigenvalue weighted by Gasteiger charge is 2.03. The van der Waals surface area contributed by atoms with Crippen molar-refractivity contribution < 1.29 is 9.52 Å². The van der Waals surface area contributed by atoms with Gasteiger partial charge in [0.05, 0.1) is 0 Å². The van der Waals surface area contributed by atoms with Crippen LogP contribution in [0.1, 0.15) is 11.5 Å². The Hall–Kier alpha value is -2.26. The Bertz CT molecular complexity index is 762. The summed E-state index contributed by atoms with van der Waals surface area (Å²) in [4.78, 5) is 4.31. The second kappa shape index (κ2) is 4.78. The van der Waals surface area contributed by atoms with Crippen LogP contribution in [0.2, 0.25) is 5.02 Å². The van der Waals surface area contributed by atoms with Crippen LogP contribution in [0.5, 0.6) is 5.75 Å². The minimum absolute atomic E-state index is 0.228. The molecule has 0 aliphatic carbocycles. The Balaban J connectivity index is 1.92.